The van der Waals surface area contributed by atoms with E-state index in [4.69, 9.17) is 21.2 Å². The van der Waals surface area contributed by atoms with Gasteiger partial charge in [-0.25, -0.2) is 9.97 Å². The van der Waals surface area contributed by atoms with E-state index in [2.05, 4.69) is 25.8 Å². The number of fused-ring (bicyclic) bond motifs is 2. The molecule has 4 heterocycles. The zero-order valence-electron chi connectivity index (χ0n) is 30.9. The molecule has 0 fully saturated rings. The molecule has 17 nitrogen and oxygen atoms in total. The number of imidazole rings is 2. The number of aromatic nitrogens is 8. The molecular weight excluding hydrogens is 692 g/mol. The fraction of sp³-hybridized carbons (Fsp3) is 0.297. The summed E-state index contributed by atoms with van der Waals surface area (Å²) in [6.45, 7) is 12.6. The summed E-state index contributed by atoms with van der Waals surface area (Å²) < 4.78 is 12.9. The Morgan fingerprint density at radius 3 is 1.80 bits per heavy atom. The molecule has 0 spiro atoms. The van der Waals surface area contributed by atoms with Gasteiger partial charge in [0.1, 0.15) is 22.7 Å². The minimum atomic E-state index is -0.652. The van der Waals surface area contributed by atoms with E-state index in [9.17, 15) is 19.2 Å². The monoisotopic (exact) mass is 734 g/mol. The van der Waals surface area contributed by atoms with Crippen molar-refractivity contribution in [2.24, 2.45) is 11.5 Å². The van der Waals surface area contributed by atoms with Crippen molar-refractivity contribution < 1.29 is 23.9 Å². The van der Waals surface area contributed by atoms with Crippen LogP contribution >= 0.6 is 0 Å². The van der Waals surface area contributed by atoms with Crippen LogP contribution in [0.5, 0.6) is 5.75 Å². The van der Waals surface area contributed by atoms with E-state index in [0.717, 1.165) is 0 Å². The maximum Gasteiger partial charge on any atom is 0.276 e. The van der Waals surface area contributed by atoms with Crippen LogP contribution in [0.4, 0.5) is 11.9 Å². The summed E-state index contributed by atoms with van der Waals surface area (Å²) in [5.41, 5.74) is 15.8. The number of carbonyl (C=O) groups is 4. The molecule has 6 rings (SSSR count). The molecule has 0 aliphatic rings. The van der Waals surface area contributed by atoms with Crippen molar-refractivity contribution in [1.29, 1.82) is 0 Å². The van der Waals surface area contributed by atoms with Crippen LogP contribution in [-0.2, 0) is 26.2 Å². The van der Waals surface area contributed by atoms with Crippen LogP contribution in [-0.4, -0.2) is 68.4 Å². The lowest BCUT2D eigenvalue weighted by molar-refractivity contribution is 0.0991. The fourth-order valence-corrected chi connectivity index (χ4v) is 6.18. The molecule has 0 saturated carbocycles. The molecule has 17 heteroatoms. The highest BCUT2D eigenvalue weighted by Crippen LogP contribution is 2.32. The molecule has 6 N–H and O–H groups in total. The number of primary amides is 2. The second-order valence-electron chi connectivity index (χ2n) is 12.9. The number of hydrogen-bond acceptors (Lipinski definition) is 9. The molecular formula is C37H42N12O5. The number of anilines is 2. The lowest BCUT2D eigenvalue weighted by Crippen LogP contribution is -2.20. The molecule has 4 amide bonds. The van der Waals surface area contributed by atoms with Crippen molar-refractivity contribution in [3.63, 3.8) is 0 Å². The first-order valence-electron chi connectivity index (χ1n) is 17.4. The highest BCUT2D eigenvalue weighted by atomic mass is 16.5. The van der Waals surface area contributed by atoms with Crippen molar-refractivity contribution in [3.8, 4) is 5.75 Å². The van der Waals surface area contributed by atoms with Gasteiger partial charge < -0.3 is 25.3 Å². The third-order valence-corrected chi connectivity index (χ3v) is 8.55. The van der Waals surface area contributed by atoms with E-state index < -0.39 is 23.6 Å². The van der Waals surface area contributed by atoms with E-state index in [1.165, 1.54) is 0 Å². The first-order chi connectivity index (χ1) is 25.8. The summed E-state index contributed by atoms with van der Waals surface area (Å²) in [5, 5.41) is 14.6. The fourth-order valence-electron chi connectivity index (χ4n) is 6.18. The summed E-state index contributed by atoms with van der Waals surface area (Å²) >= 11 is 0. The zero-order valence-corrected chi connectivity index (χ0v) is 30.9. The Morgan fingerprint density at radius 1 is 0.741 bits per heavy atom. The number of nitrogens with one attached hydrogen (secondary N) is 2. The lowest BCUT2D eigenvalue weighted by Gasteiger charge is -2.15. The van der Waals surface area contributed by atoms with Crippen LogP contribution in [0.3, 0.4) is 0 Å². The van der Waals surface area contributed by atoms with Crippen LogP contribution in [0.1, 0.15) is 80.8 Å². The number of nitrogens with two attached hydrogens (primary N) is 2. The van der Waals surface area contributed by atoms with Gasteiger partial charge in [0.2, 0.25) is 23.7 Å². The first kappa shape index (κ1) is 37.0. The molecule has 0 saturated heterocycles. The summed E-state index contributed by atoms with van der Waals surface area (Å²) in [6.07, 6.45) is 3.48. The second kappa shape index (κ2) is 15.1. The van der Waals surface area contributed by atoms with Gasteiger partial charge in [-0.05, 0) is 84.0 Å². The van der Waals surface area contributed by atoms with Gasteiger partial charge >= 0.3 is 0 Å². The maximum absolute atomic E-state index is 13.6. The smallest absolute Gasteiger partial charge is 0.276 e. The molecule has 6 aromatic rings. The van der Waals surface area contributed by atoms with Gasteiger partial charge in [0.05, 0.1) is 34.0 Å². The summed E-state index contributed by atoms with van der Waals surface area (Å²) in [7, 11) is 0. The molecule has 0 aliphatic carbocycles. The molecule has 2 aromatic carbocycles. The molecule has 4 aromatic heterocycles. The largest absolute Gasteiger partial charge is 0.489 e. The van der Waals surface area contributed by atoms with Crippen LogP contribution in [0, 0.1) is 13.8 Å². The number of benzene rings is 2. The standard InChI is InChI=1S/C37H42N12O5/c1-7-48-28(15-21(5)44-48)34(52)42-36-40-25-17-23(32(38)50)11-12-27(25)46(36)13-9-10-14-47-31-26(18-24(33(39)51)19-30(31)54-20(3)4)41-37(47)43-35(53)29-16-22(6)45-49(29)8-2/h9-12,15-20H,7-8,13-14H2,1-6H3,(H2,38,50)(H2,39,51)(H,40,42,52)(H,41,43,53)/b10-9+. The Labute approximate surface area is 310 Å². The van der Waals surface area contributed by atoms with E-state index in [1.807, 2.05) is 53.7 Å². The predicted octanol–water partition coefficient (Wildman–Crippen LogP) is 4.18. The zero-order chi connectivity index (χ0) is 38.8. The predicted molar refractivity (Wildman–Crippen MR) is 203 cm³/mol. The Hall–Kier alpha value is -6.78. The van der Waals surface area contributed by atoms with Crippen molar-refractivity contribution >= 4 is 57.6 Å². The Balaban J connectivity index is 1.38. The van der Waals surface area contributed by atoms with E-state index in [0.29, 0.717) is 63.7 Å². The summed E-state index contributed by atoms with van der Waals surface area (Å²) in [6, 6.07) is 11.4. The number of aryl methyl sites for hydroxylation is 4. The van der Waals surface area contributed by atoms with Crippen LogP contribution in [0.25, 0.3) is 22.1 Å². The van der Waals surface area contributed by atoms with Gasteiger partial charge in [0.25, 0.3) is 11.8 Å². The van der Waals surface area contributed by atoms with Crippen molar-refractivity contribution in [3.05, 3.63) is 88.5 Å². The van der Waals surface area contributed by atoms with Gasteiger partial charge in [-0.2, -0.15) is 10.2 Å². The third-order valence-electron chi connectivity index (χ3n) is 8.55. The molecule has 280 valence electrons. The van der Waals surface area contributed by atoms with Crippen LogP contribution in [0.15, 0.2) is 54.6 Å². The molecule has 54 heavy (non-hydrogen) atoms. The van der Waals surface area contributed by atoms with Gasteiger partial charge in [0.15, 0.2) is 0 Å². The number of rotatable bonds is 14. The topological polar surface area (TPSA) is 225 Å². The van der Waals surface area contributed by atoms with Crippen LogP contribution in [0.2, 0.25) is 0 Å². The Morgan fingerprint density at radius 2 is 1.26 bits per heavy atom. The van der Waals surface area contributed by atoms with Gasteiger partial charge in [-0.3, -0.25) is 39.2 Å². The SMILES string of the molecule is CCn1nc(C)cc1C(=O)Nc1nc2cc(C(N)=O)ccc2n1C/C=C/Cn1c(NC(=O)c2cc(C)nn2CC)nc2cc(C(N)=O)cc(OC(C)C)c21. The van der Waals surface area contributed by atoms with Gasteiger partial charge in [0, 0.05) is 37.3 Å². The van der Waals surface area contributed by atoms with E-state index in [-0.39, 0.29) is 42.2 Å². The van der Waals surface area contributed by atoms with Crippen molar-refractivity contribution in [2.45, 2.75) is 73.8 Å². The molecule has 0 unspecified atom stereocenters. The summed E-state index contributed by atoms with van der Waals surface area (Å²) in [4.78, 5) is 60.6. The van der Waals surface area contributed by atoms with Crippen molar-refractivity contribution in [1.82, 2.24) is 38.7 Å². The van der Waals surface area contributed by atoms with Gasteiger partial charge in [-0.15, -0.1) is 0 Å². The highest BCUT2D eigenvalue weighted by molar-refractivity contribution is 6.05. The number of ether oxygens (including phenoxy) is 1. The van der Waals surface area contributed by atoms with Crippen LogP contribution < -0.4 is 26.8 Å². The second-order valence-corrected chi connectivity index (χ2v) is 12.9. The number of allylic oxidation sites excluding steroid dienone is 2. The Bertz CT molecular complexity index is 2460. The number of hydrogen-bond donors (Lipinski definition) is 4. The first-order valence-corrected chi connectivity index (χ1v) is 17.4. The highest BCUT2D eigenvalue weighted by Gasteiger charge is 2.23. The number of nitrogens with zero attached hydrogens (tertiary/aromatic N) is 8. The lowest BCUT2D eigenvalue weighted by atomic mass is 10.1. The maximum atomic E-state index is 13.6. The normalized spacial score (nSPS) is 11.6. The molecule has 0 atom stereocenters. The minimum Gasteiger partial charge on any atom is -0.489 e. The average molecular weight is 735 g/mol. The van der Waals surface area contributed by atoms with E-state index in [1.54, 1.807) is 61.0 Å². The third kappa shape index (κ3) is 7.41. The molecule has 0 radical (unpaired) electrons. The Kier molecular flexibility index (Phi) is 10.3. The average Bonchev–Trinajstić information content (AvgIpc) is 3.88. The quantitative estimate of drug-likeness (QED) is 0.118. The van der Waals surface area contributed by atoms with Crippen molar-refractivity contribution in [2.75, 3.05) is 10.6 Å². The summed E-state index contributed by atoms with van der Waals surface area (Å²) in [5.74, 6) is -1.25. The molecule has 0 aliphatic heterocycles. The molecule has 0 bridgehead atoms. The minimum absolute atomic E-state index is 0.203. The number of carbonyl (C=O) groups excluding carboxylic acids is 4. The number of amides is 4. The van der Waals surface area contributed by atoms with Gasteiger partial charge in [-0.1, -0.05) is 12.2 Å². The van der Waals surface area contributed by atoms with E-state index >= 15 is 0 Å².